The summed E-state index contributed by atoms with van der Waals surface area (Å²) in [4.78, 5) is 39.2. The van der Waals surface area contributed by atoms with Crippen molar-refractivity contribution in [3.63, 3.8) is 0 Å². The highest BCUT2D eigenvalue weighted by atomic mass is 16.5. The fourth-order valence-corrected chi connectivity index (χ4v) is 4.05. The Labute approximate surface area is 190 Å². The van der Waals surface area contributed by atoms with Crippen molar-refractivity contribution in [1.82, 2.24) is 0 Å². The van der Waals surface area contributed by atoms with Gasteiger partial charge in [-0.2, -0.15) is 0 Å². The second kappa shape index (κ2) is 10.9. The van der Waals surface area contributed by atoms with Crippen molar-refractivity contribution in [2.75, 3.05) is 19.8 Å². The Bertz CT molecular complexity index is 795. The Morgan fingerprint density at radius 3 is 2.06 bits per heavy atom. The lowest BCUT2D eigenvalue weighted by Gasteiger charge is -2.43. The maximum absolute atomic E-state index is 13.1. The number of Topliss-reactive ketones (excluding diaryl/α,β-unsaturated/α-hetero) is 1. The molecule has 0 amide bonds. The molecule has 0 spiro atoms. The van der Waals surface area contributed by atoms with Crippen LogP contribution in [0, 0.1) is 23.7 Å². The molecule has 4 atom stereocenters. The number of carbonyl (C=O) groups excluding carboxylic acids is 3. The van der Waals surface area contributed by atoms with Crippen LogP contribution >= 0.6 is 0 Å². The molecule has 1 aromatic rings. The first-order chi connectivity index (χ1) is 15.0. The molecular formula is C25H36O7. The molecule has 0 unspecified atom stereocenters. The predicted octanol–water partition coefficient (Wildman–Crippen LogP) is 3.52. The summed E-state index contributed by atoms with van der Waals surface area (Å²) in [6.07, 6.45) is -0.330. The van der Waals surface area contributed by atoms with Crippen LogP contribution in [0.25, 0.3) is 0 Å². The van der Waals surface area contributed by atoms with Gasteiger partial charge in [-0.25, -0.2) is 0 Å². The molecule has 0 bridgehead atoms. The SMILES string of the molecule is CCOc1ccc([C@@H]2[C@H](C(=O)OCC(C)C)C(=O)C[C@](C)(O)[C@@H]2C(=O)OCC(C)C)cc1. The number of esters is 2. The molecule has 7 heteroatoms. The standard InChI is InChI=1S/C25H36O7/c1-7-30-18-10-8-17(9-11-18)20-21(23(27)31-13-15(2)3)19(26)12-25(6,29)22(20)24(28)32-14-16(4)5/h8-11,15-16,20-22,29H,7,12-14H2,1-6H3/t20-,21-,22+,25+/m1/s1. The zero-order chi connectivity index (χ0) is 24.1. The monoisotopic (exact) mass is 448 g/mol. The third-order valence-electron chi connectivity index (χ3n) is 5.47. The summed E-state index contributed by atoms with van der Waals surface area (Å²) in [5.41, 5.74) is -1.09. The second-order valence-electron chi connectivity index (χ2n) is 9.53. The van der Waals surface area contributed by atoms with Crippen LogP contribution in [-0.4, -0.2) is 48.3 Å². The quantitative estimate of drug-likeness (QED) is 0.456. The van der Waals surface area contributed by atoms with Gasteiger partial charge in [0.2, 0.25) is 0 Å². The van der Waals surface area contributed by atoms with Gasteiger partial charge in [0.05, 0.1) is 31.3 Å². The summed E-state index contributed by atoms with van der Waals surface area (Å²) in [5, 5.41) is 11.1. The Kier molecular flexibility index (Phi) is 8.84. The van der Waals surface area contributed by atoms with E-state index >= 15 is 0 Å². The van der Waals surface area contributed by atoms with E-state index in [1.807, 2.05) is 34.6 Å². The molecule has 1 aliphatic rings. The van der Waals surface area contributed by atoms with Gasteiger partial charge in [0, 0.05) is 12.3 Å². The van der Waals surface area contributed by atoms with Crippen molar-refractivity contribution in [2.45, 2.75) is 59.5 Å². The summed E-state index contributed by atoms with van der Waals surface area (Å²) in [5.74, 6) is -4.16. The zero-order valence-corrected chi connectivity index (χ0v) is 19.9. The van der Waals surface area contributed by atoms with E-state index in [-0.39, 0.29) is 31.5 Å². The zero-order valence-electron chi connectivity index (χ0n) is 19.9. The Morgan fingerprint density at radius 1 is 1.03 bits per heavy atom. The van der Waals surface area contributed by atoms with Gasteiger partial charge >= 0.3 is 11.9 Å². The van der Waals surface area contributed by atoms with E-state index in [9.17, 15) is 19.5 Å². The molecule has 178 valence electrons. The fourth-order valence-electron chi connectivity index (χ4n) is 4.05. The number of hydrogen-bond acceptors (Lipinski definition) is 7. The summed E-state index contributed by atoms with van der Waals surface area (Å²) >= 11 is 0. The van der Waals surface area contributed by atoms with Gasteiger partial charge in [0.1, 0.15) is 11.7 Å². The van der Waals surface area contributed by atoms with E-state index < -0.39 is 41.1 Å². The Morgan fingerprint density at radius 2 is 1.56 bits per heavy atom. The van der Waals surface area contributed by atoms with Gasteiger partial charge in [-0.3, -0.25) is 14.4 Å². The molecule has 0 radical (unpaired) electrons. The van der Waals surface area contributed by atoms with Crippen molar-refractivity contribution < 1.29 is 33.7 Å². The number of carbonyl (C=O) groups is 3. The van der Waals surface area contributed by atoms with E-state index in [1.54, 1.807) is 24.3 Å². The summed E-state index contributed by atoms with van der Waals surface area (Å²) in [6.45, 7) is 11.8. The first kappa shape index (κ1) is 25.8. The molecule has 1 fully saturated rings. The van der Waals surface area contributed by atoms with Gasteiger partial charge in [0.25, 0.3) is 0 Å². The largest absolute Gasteiger partial charge is 0.494 e. The van der Waals surface area contributed by atoms with E-state index in [0.717, 1.165) is 0 Å². The van der Waals surface area contributed by atoms with E-state index in [0.29, 0.717) is 17.9 Å². The molecule has 0 aromatic heterocycles. The molecule has 1 N–H and O–H groups in total. The lowest BCUT2D eigenvalue weighted by Crippen LogP contribution is -2.55. The van der Waals surface area contributed by atoms with E-state index in [2.05, 4.69) is 0 Å². The minimum atomic E-state index is -1.66. The maximum atomic E-state index is 13.1. The van der Waals surface area contributed by atoms with Crippen LogP contribution in [0.1, 0.15) is 59.4 Å². The van der Waals surface area contributed by atoms with Crippen molar-refractivity contribution in [1.29, 1.82) is 0 Å². The molecule has 1 aliphatic carbocycles. The number of hydrogen-bond donors (Lipinski definition) is 1. The molecule has 0 saturated heterocycles. The second-order valence-corrected chi connectivity index (χ2v) is 9.53. The van der Waals surface area contributed by atoms with Gasteiger partial charge in [-0.1, -0.05) is 39.8 Å². The minimum Gasteiger partial charge on any atom is -0.494 e. The first-order valence-electron chi connectivity index (χ1n) is 11.3. The molecule has 2 rings (SSSR count). The molecule has 7 nitrogen and oxygen atoms in total. The molecule has 1 saturated carbocycles. The predicted molar refractivity (Wildman–Crippen MR) is 119 cm³/mol. The topological polar surface area (TPSA) is 99.1 Å². The number of ether oxygens (including phenoxy) is 3. The van der Waals surface area contributed by atoms with Crippen molar-refractivity contribution in [3.05, 3.63) is 29.8 Å². The van der Waals surface area contributed by atoms with Gasteiger partial charge in [0.15, 0.2) is 5.78 Å². The average molecular weight is 449 g/mol. The summed E-state index contributed by atoms with van der Waals surface area (Å²) in [7, 11) is 0. The Balaban J connectivity index is 2.51. The molecule has 0 heterocycles. The average Bonchev–Trinajstić information content (AvgIpc) is 2.70. The van der Waals surface area contributed by atoms with Gasteiger partial charge in [-0.05, 0) is 43.4 Å². The summed E-state index contributed by atoms with van der Waals surface area (Å²) < 4.78 is 16.4. The fraction of sp³-hybridized carbons (Fsp3) is 0.640. The molecule has 1 aromatic carbocycles. The number of benzene rings is 1. The van der Waals surface area contributed by atoms with E-state index in [4.69, 9.17) is 14.2 Å². The third kappa shape index (κ3) is 6.31. The van der Waals surface area contributed by atoms with Crippen LogP contribution in [0.5, 0.6) is 5.75 Å². The molecular weight excluding hydrogens is 412 g/mol. The van der Waals surface area contributed by atoms with Crippen LogP contribution in [0.15, 0.2) is 24.3 Å². The van der Waals surface area contributed by atoms with Crippen molar-refractivity contribution in [2.24, 2.45) is 23.7 Å². The smallest absolute Gasteiger partial charge is 0.317 e. The maximum Gasteiger partial charge on any atom is 0.317 e. The minimum absolute atomic E-state index is 0.0940. The van der Waals surface area contributed by atoms with Crippen LogP contribution in [0.3, 0.4) is 0 Å². The summed E-state index contributed by atoms with van der Waals surface area (Å²) in [6, 6.07) is 6.88. The highest BCUT2D eigenvalue weighted by molar-refractivity contribution is 6.02. The van der Waals surface area contributed by atoms with Crippen LogP contribution < -0.4 is 4.74 Å². The molecule has 32 heavy (non-hydrogen) atoms. The van der Waals surface area contributed by atoms with Gasteiger partial charge < -0.3 is 19.3 Å². The van der Waals surface area contributed by atoms with Crippen LogP contribution in [0.2, 0.25) is 0 Å². The highest BCUT2D eigenvalue weighted by Gasteiger charge is 2.57. The normalized spacial score (nSPS) is 25.7. The van der Waals surface area contributed by atoms with Gasteiger partial charge in [-0.15, -0.1) is 0 Å². The number of ketones is 1. The molecule has 0 aliphatic heterocycles. The van der Waals surface area contributed by atoms with Crippen molar-refractivity contribution >= 4 is 17.7 Å². The first-order valence-corrected chi connectivity index (χ1v) is 11.3. The third-order valence-corrected chi connectivity index (χ3v) is 5.47. The highest BCUT2D eigenvalue weighted by Crippen LogP contribution is 2.47. The van der Waals surface area contributed by atoms with Crippen LogP contribution in [-0.2, 0) is 23.9 Å². The number of rotatable bonds is 9. The van der Waals surface area contributed by atoms with Crippen molar-refractivity contribution in [3.8, 4) is 5.75 Å². The number of aliphatic hydroxyl groups is 1. The lowest BCUT2D eigenvalue weighted by molar-refractivity contribution is -0.173. The van der Waals surface area contributed by atoms with Crippen LogP contribution in [0.4, 0.5) is 0 Å². The Hall–Kier alpha value is -2.41. The lowest BCUT2D eigenvalue weighted by atomic mass is 9.61. The van der Waals surface area contributed by atoms with E-state index in [1.165, 1.54) is 6.92 Å².